The molecule has 168 valence electrons. The van der Waals surface area contributed by atoms with Gasteiger partial charge in [-0.2, -0.15) is 0 Å². The Bertz CT molecular complexity index is 1290. The highest BCUT2D eigenvalue weighted by molar-refractivity contribution is 5.89. The maximum atomic E-state index is 14.7. The Hall–Kier alpha value is -4.06. The molecule has 0 aromatic heterocycles. The van der Waals surface area contributed by atoms with Crippen LogP contribution in [0, 0.1) is 18.6 Å². The van der Waals surface area contributed by atoms with Crippen molar-refractivity contribution in [1.29, 1.82) is 0 Å². The van der Waals surface area contributed by atoms with E-state index < -0.39 is 23.6 Å². The smallest absolute Gasteiger partial charge is 0.338 e. The van der Waals surface area contributed by atoms with Crippen molar-refractivity contribution in [3.05, 3.63) is 96.1 Å². The molecular weight excluding hydrogens is 426 g/mol. The summed E-state index contributed by atoms with van der Waals surface area (Å²) in [7, 11) is 0. The average molecular weight is 448 g/mol. The normalized spacial score (nSPS) is 10.5. The highest BCUT2D eigenvalue weighted by Crippen LogP contribution is 2.33. The van der Waals surface area contributed by atoms with E-state index in [1.807, 2.05) is 0 Å². The molecule has 0 aliphatic heterocycles. The van der Waals surface area contributed by atoms with Gasteiger partial charge in [0.15, 0.2) is 0 Å². The summed E-state index contributed by atoms with van der Waals surface area (Å²) in [6, 6.07) is 13.4. The largest absolute Gasteiger partial charge is 0.423 e. The molecule has 6 heteroatoms. The molecule has 0 N–H and O–H groups in total. The molecule has 0 saturated carbocycles. The van der Waals surface area contributed by atoms with E-state index in [1.165, 1.54) is 38.1 Å². The molecule has 0 atom stereocenters. The van der Waals surface area contributed by atoms with Gasteiger partial charge < -0.3 is 9.47 Å². The molecule has 0 heterocycles. The Morgan fingerprint density at radius 1 is 0.697 bits per heavy atom. The average Bonchev–Trinajstić information content (AvgIpc) is 2.74. The summed E-state index contributed by atoms with van der Waals surface area (Å²) in [5, 5.41) is 0. The lowest BCUT2D eigenvalue weighted by molar-refractivity contribution is -0.130. The SMILES string of the molecule is C=C(C)C(=O)Oc1ccc(-c2ccc(-c3ccc(OC(=O)C(=C)C)cc3F)c(C)c2)c(F)c1. The molecule has 3 rings (SSSR count). The van der Waals surface area contributed by atoms with Crippen LogP contribution in [-0.4, -0.2) is 11.9 Å². The summed E-state index contributed by atoms with van der Waals surface area (Å²) in [6.07, 6.45) is 0. The van der Waals surface area contributed by atoms with Crippen LogP contribution in [-0.2, 0) is 9.59 Å². The van der Waals surface area contributed by atoms with Crippen LogP contribution in [0.5, 0.6) is 11.5 Å². The first-order valence-corrected chi connectivity index (χ1v) is 10.0. The molecule has 0 radical (unpaired) electrons. The van der Waals surface area contributed by atoms with Crippen molar-refractivity contribution in [1.82, 2.24) is 0 Å². The second-order valence-electron chi connectivity index (χ2n) is 7.65. The Kier molecular flexibility index (Phi) is 6.87. The van der Waals surface area contributed by atoms with E-state index >= 15 is 0 Å². The van der Waals surface area contributed by atoms with Crippen molar-refractivity contribution in [3.63, 3.8) is 0 Å². The van der Waals surface area contributed by atoms with Gasteiger partial charge in [0.2, 0.25) is 0 Å². The number of carbonyl (C=O) groups is 2. The maximum absolute atomic E-state index is 14.7. The van der Waals surface area contributed by atoms with E-state index in [0.717, 1.165) is 17.7 Å². The van der Waals surface area contributed by atoms with Crippen LogP contribution in [0.15, 0.2) is 78.9 Å². The summed E-state index contributed by atoms with van der Waals surface area (Å²) in [4.78, 5) is 23.3. The molecule has 3 aromatic carbocycles. The van der Waals surface area contributed by atoms with Crippen molar-refractivity contribution < 1.29 is 27.8 Å². The first kappa shape index (κ1) is 23.6. The minimum atomic E-state index is -0.634. The number of hydrogen-bond acceptors (Lipinski definition) is 4. The monoisotopic (exact) mass is 448 g/mol. The predicted molar refractivity (Wildman–Crippen MR) is 123 cm³/mol. The number of benzene rings is 3. The van der Waals surface area contributed by atoms with Crippen molar-refractivity contribution in [2.75, 3.05) is 0 Å². The van der Waals surface area contributed by atoms with Crippen LogP contribution < -0.4 is 9.47 Å². The van der Waals surface area contributed by atoms with E-state index in [2.05, 4.69) is 13.2 Å². The van der Waals surface area contributed by atoms with E-state index in [0.29, 0.717) is 22.3 Å². The number of carbonyl (C=O) groups excluding carboxylic acids is 2. The molecule has 0 saturated heterocycles. The molecule has 0 amide bonds. The third-order valence-corrected chi connectivity index (χ3v) is 4.83. The third kappa shape index (κ3) is 5.41. The van der Waals surface area contributed by atoms with Crippen molar-refractivity contribution in [2.24, 2.45) is 0 Å². The minimum Gasteiger partial charge on any atom is -0.423 e. The Labute approximate surface area is 190 Å². The van der Waals surface area contributed by atoms with Gasteiger partial charge in [-0.25, -0.2) is 18.4 Å². The molecular formula is C27H22F2O4. The highest BCUT2D eigenvalue weighted by atomic mass is 19.1. The molecule has 0 bridgehead atoms. The lowest BCUT2D eigenvalue weighted by atomic mass is 9.95. The number of hydrogen-bond donors (Lipinski definition) is 0. The van der Waals surface area contributed by atoms with Gasteiger partial charge in [-0.1, -0.05) is 31.4 Å². The molecule has 0 aliphatic rings. The first-order valence-electron chi connectivity index (χ1n) is 10.0. The second kappa shape index (κ2) is 9.61. The lowest BCUT2D eigenvalue weighted by Gasteiger charge is -2.12. The fourth-order valence-electron chi connectivity index (χ4n) is 3.09. The van der Waals surface area contributed by atoms with Gasteiger partial charge in [0.25, 0.3) is 0 Å². The quantitative estimate of drug-likeness (QED) is 0.243. The standard InChI is InChI=1S/C27H22F2O4/c1-15(2)26(30)32-19-7-10-22(24(28)13-19)18-6-9-21(17(5)12-18)23-11-8-20(14-25(23)29)33-27(31)16(3)4/h6-14H,1,3H2,2,4-5H3. The number of halogens is 2. The summed E-state index contributed by atoms with van der Waals surface area (Å²) in [5.74, 6) is -2.24. The number of rotatable bonds is 6. The predicted octanol–water partition coefficient (Wildman–Crippen LogP) is 6.57. The number of esters is 2. The van der Waals surface area contributed by atoms with E-state index in [1.54, 1.807) is 25.1 Å². The van der Waals surface area contributed by atoms with Crippen LogP contribution in [0.25, 0.3) is 22.3 Å². The summed E-state index contributed by atoms with van der Waals surface area (Å²) >= 11 is 0. The van der Waals surface area contributed by atoms with Gasteiger partial charge in [-0.3, -0.25) is 0 Å². The molecule has 4 nitrogen and oxygen atoms in total. The van der Waals surface area contributed by atoms with Gasteiger partial charge >= 0.3 is 11.9 Å². The van der Waals surface area contributed by atoms with Crippen molar-refractivity contribution in [2.45, 2.75) is 20.8 Å². The number of aryl methyl sites for hydroxylation is 1. The maximum Gasteiger partial charge on any atom is 0.338 e. The molecule has 0 aliphatic carbocycles. The Balaban J connectivity index is 1.87. The zero-order valence-electron chi connectivity index (χ0n) is 18.5. The van der Waals surface area contributed by atoms with Gasteiger partial charge in [0.1, 0.15) is 23.1 Å². The zero-order chi connectivity index (χ0) is 24.3. The molecule has 0 fully saturated rings. The molecule has 3 aromatic rings. The minimum absolute atomic E-state index is 0.0760. The van der Waals surface area contributed by atoms with Gasteiger partial charge in [-0.05, 0) is 61.7 Å². The highest BCUT2D eigenvalue weighted by Gasteiger charge is 2.15. The van der Waals surface area contributed by atoms with E-state index in [4.69, 9.17) is 9.47 Å². The third-order valence-electron chi connectivity index (χ3n) is 4.83. The Morgan fingerprint density at radius 2 is 1.15 bits per heavy atom. The lowest BCUT2D eigenvalue weighted by Crippen LogP contribution is -2.08. The van der Waals surface area contributed by atoms with Crippen LogP contribution in [0.4, 0.5) is 8.78 Å². The van der Waals surface area contributed by atoms with Crippen LogP contribution in [0.3, 0.4) is 0 Å². The summed E-state index contributed by atoms with van der Waals surface area (Å²) in [5.41, 5.74) is 2.95. The van der Waals surface area contributed by atoms with Crippen LogP contribution in [0.2, 0.25) is 0 Å². The number of ether oxygens (including phenoxy) is 2. The van der Waals surface area contributed by atoms with Gasteiger partial charge in [0, 0.05) is 34.4 Å². The summed E-state index contributed by atoms with van der Waals surface area (Å²) < 4.78 is 39.5. The van der Waals surface area contributed by atoms with E-state index in [-0.39, 0.29) is 22.6 Å². The Morgan fingerprint density at radius 3 is 1.58 bits per heavy atom. The zero-order valence-corrected chi connectivity index (χ0v) is 18.5. The molecule has 0 unspecified atom stereocenters. The van der Waals surface area contributed by atoms with Crippen LogP contribution in [0.1, 0.15) is 19.4 Å². The fourth-order valence-corrected chi connectivity index (χ4v) is 3.09. The molecule has 0 spiro atoms. The second-order valence-corrected chi connectivity index (χ2v) is 7.65. The summed E-state index contributed by atoms with van der Waals surface area (Å²) in [6.45, 7) is 11.8. The van der Waals surface area contributed by atoms with E-state index in [9.17, 15) is 18.4 Å². The van der Waals surface area contributed by atoms with Gasteiger partial charge in [0.05, 0.1) is 0 Å². The van der Waals surface area contributed by atoms with Gasteiger partial charge in [-0.15, -0.1) is 0 Å². The topological polar surface area (TPSA) is 52.6 Å². The fraction of sp³-hybridized carbons (Fsp3) is 0.111. The van der Waals surface area contributed by atoms with Crippen molar-refractivity contribution >= 4 is 11.9 Å². The van der Waals surface area contributed by atoms with Crippen LogP contribution >= 0.6 is 0 Å². The molecule has 33 heavy (non-hydrogen) atoms. The van der Waals surface area contributed by atoms with Crippen molar-refractivity contribution in [3.8, 4) is 33.8 Å². The first-order chi connectivity index (χ1) is 15.6.